The number of nitrogens with one attached hydrogen (secondary N) is 3. The second-order valence-corrected chi connectivity index (χ2v) is 10.7. The molecule has 4 heterocycles. The van der Waals surface area contributed by atoms with Crippen LogP contribution in [0.5, 0.6) is 0 Å². The molecule has 2 aliphatic heterocycles. The van der Waals surface area contributed by atoms with Crippen LogP contribution in [-0.2, 0) is 17.6 Å². The summed E-state index contributed by atoms with van der Waals surface area (Å²) < 4.78 is 2.13. The standard InChI is InChI=1S/C24H23N7OS2/c32-19(27-17-10-5-7-14-6-1-2-8-15(14)17)12-33-24-29-28-23-30(24)22-20(21-25-13-26-31(21)23)16-9-3-4-11-18(16)34-22/h1-2,5-8,10,21,25-26H,3-4,9,11-13H2,(H,27,32). The number of rotatable bonds is 4. The van der Waals surface area contributed by atoms with E-state index in [1.165, 1.54) is 45.6 Å². The number of hydrazine groups is 1. The van der Waals surface area contributed by atoms with Crippen molar-refractivity contribution in [2.24, 2.45) is 0 Å². The van der Waals surface area contributed by atoms with Crippen LogP contribution in [0.3, 0.4) is 0 Å². The van der Waals surface area contributed by atoms with E-state index in [1.54, 1.807) is 0 Å². The molecule has 172 valence electrons. The molecule has 1 amide bonds. The molecule has 3 N–H and O–H groups in total. The summed E-state index contributed by atoms with van der Waals surface area (Å²) in [5, 5.41) is 21.8. The molecule has 0 saturated carbocycles. The maximum Gasteiger partial charge on any atom is 0.249 e. The molecule has 0 bridgehead atoms. The number of amides is 1. The van der Waals surface area contributed by atoms with Gasteiger partial charge < -0.3 is 5.32 Å². The summed E-state index contributed by atoms with van der Waals surface area (Å²) in [6.07, 6.45) is 4.83. The maximum absolute atomic E-state index is 12.9. The number of nitrogens with zero attached hydrogens (tertiary/aromatic N) is 4. The Labute approximate surface area is 204 Å². The third-order valence-electron chi connectivity index (χ3n) is 6.70. The zero-order chi connectivity index (χ0) is 22.6. The third kappa shape index (κ3) is 3.17. The molecule has 2 aromatic heterocycles. The lowest BCUT2D eigenvalue weighted by atomic mass is 9.94. The Kier molecular flexibility index (Phi) is 4.87. The molecular weight excluding hydrogens is 466 g/mol. The van der Waals surface area contributed by atoms with Crippen LogP contribution in [0.15, 0.2) is 47.6 Å². The van der Waals surface area contributed by atoms with Gasteiger partial charge in [0.25, 0.3) is 0 Å². The molecule has 1 saturated heterocycles. The fraction of sp³-hybridized carbons (Fsp3) is 0.292. The summed E-state index contributed by atoms with van der Waals surface area (Å²) in [5.41, 5.74) is 7.06. The quantitative estimate of drug-likeness (QED) is 0.374. The number of fused-ring (bicyclic) bond motifs is 9. The van der Waals surface area contributed by atoms with Crippen molar-refractivity contribution in [1.29, 1.82) is 0 Å². The van der Waals surface area contributed by atoms with Crippen molar-refractivity contribution < 1.29 is 4.79 Å². The Morgan fingerprint density at radius 3 is 3.00 bits per heavy atom. The number of hydrogen-bond donors (Lipinski definition) is 3. The van der Waals surface area contributed by atoms with E-state index in [0.717, 1.165) is 40.4 Å². The molecule has 1 aliphatic carbocycles. The fourth-order valence-corrected chi connectivity index (χ4v) is 7.40. The van der Waals surface area contributed by atoms with E-state index in [4.69, 9.17) is 0 Å². The molecule has 1 unspecified atom stereocenters. The van der Waals surface area contributed by atoms with E-state index >= 15 is 0 Å². The molecule has 2 aromatic carbocycles. The number of aromatic nitrogens is 3. The van der Waals surface area contributed by atoms with Gasteiger partial charge in [-0.15, -0.1) is 21.5 Å². The number of benzene rings is 2. The first kappa shape index (κ1) is 20.5. The molecule has 10 heteroatoms. The number of thiophene rings is 1. The number of hydrogen-bond acceptors (Lipinski definition) is 8. The molecule has 3 aliphatic rings. The summed E-state index contributed by atoms with van der Waals surface area (Å²) in [5.74, 6) is 0.980. The lowest BCUT2D eigenvalue weighted by molar-refractivity contribution is -0.113. The minimum atomic E-state index is -0.0564. The van der Waals surface area contributed by atoms with Crippen molar-refractivity contribution >= 4 is 51.4 Å². The average Bonchev–Trinajstić information content (AvgIpc) is 3.59. The lowest BCUT2D eigenvalue weighted by Crippen LogP contribution is -2.39. The molecule has 1 atom stereocenters. The fourth-order valence-electron chi connectivity index (χ4n) is 5.19. The first-order valence-corrected chi connectivity index (χ1v) is 13.3. The Morgan fingerprint density at radius 1 is 1.15 bits per heavy atom. The summed E-state index contributed by atoms with van der Waals surface area (Å²) in [6, 6.07) is 14.0. The average molecular weight is 490 g/mol. The van der Waals surface area contributed by atoms with Crippen molar-refractivity contribution in [1.82, 2.24) is 25.5 Å². The number of carbonyl (C=O) groups is 1. The van der Waals surface area contributed by atoms with E-state index in [2.05, 4.69) is 48.0 Å². The van der Waals surface area contributed by atoms with E-state index in [0.29, 0.717) is 6.67 Å². The van der Waals surface area contributed by atoms with Gasteiger partial charge in [0, 0.05) is 21.5 Å². The van der Waals surface area contributed by atoms with Crippen molar-refractivity contribution in [2.45, 2.75) is 37.0 Å². The highest BCUT2D eigenvalue weighted by molar-refractivity contribution is 7.99. The molecular formula is C24H23N7OS2. The van der Waals surface area contributed by atoms with Gasteiger partial charge in [-0.2, -0.15) is 0 Å². The van der Waals surface area contributed by atoms with Gasteiger partial charge in [0.1, 0.15) is 11.2 Å². The predicted octanol–water partition coefficient (Wildman–Crippen LogP) is 3.98. The first-order valence-electron chi connectivity index (χ1n) is 11.5. The second kappa shape index (κ2) is 8.09. The predicted molar refractivity (Wildman–Crippen MR) is 136 cm³/mol. The minimum Gasteiger partial charge on any atom is -0.325 e. The number of aryl methyl sites for hydroxylation is 1. The van der Waals surface area contributed by atoms with Crippen LogP contribution in [0.2, 0.25) is 0 Å². The van der Waals surface area contributed by atoms with Crippen molar-refractivity contribution in [2.75, 3.05) is 22.7 Å². The van der Waals surface area contributed by atoms with Crippen LogP contribution in [0.1, 0.15) is 35.0 Å². The summed E-state index contributed by atoms with van der Waals surface area (Å²) in [4.78, 5) is 14.4. The van der Waals surface area contributed by atoms with Gasteiger partial charge in [0.2, 0.25) is 11.9 Å². The second-order valence-electron chi connectivity index (χ2n) is 8.72. The topological polar surface area (TPSA) is 87.1 Å². The SMILES string of the molecule is O=C(CSc1nnc2n1-c1sc3c(c1C1NCNN21)CCCC3)Nc1cccc2ccccc12. The van der Waals surface area contributed by atoms with Gasteiger partial charge in [0.15, 0.2) is 5.16 Å². The number of thioether (sulfide) groups is 1. The molecule has 8 nitrogen and oxygen atoms in total. The van der Waals surface area contributed by atoms with Gasteiger partial charge in [-0.1, -0.05) is 48.2 Å². The normalized spacial score (nSPS) is 18.4. The van der Waals surface area contributed by atoms with E-state index in [1.807, 2.05) is 41.7 Å². The summed E-state index contributed by atoms with van der Waals surface area (Å²) >= 11 is 3.29. The molecule has 4 aromatic rings. The molecule has 1 fully saturated rings. The molecule has 0 spiro atoms. The summed E-state index contributed by atoms with van der Waals surface area (Å²) in [7, 11) is 0. The number of anilines is 2. The molecule has 34 heavy (non-hydrogen) atoms. The van der Waals surface area contributed by atoms with E-state index < -0.39 is 0 Å². The Hall–Kier alpha value is -2.92. The van der Waals surface area contributed by atoms with Crippen LogP contribution in [0, 0.1) is 0 Å². The zero-order valence-electron chi connectivity index (χ0n) is 18.4. The molecule has 7 rings (SSSR count). The Balaban J connectivity index is 1.18. The maximum atomic E-state index is 12.9. The monoisotopic (exact) mass is 489 g/mol. The highest BCUT2D eigenvalue weighted by Crippen LogP contribution is 2.47. The highest BCUT2D eigenvalue weighted by Gasteiger charge is 2.41. The minimum absolute atomic E-state index is 0.0564. The highest BCUT2D eigenvalue weighted by atomic mass is 32.2. The van der Waals surface area contributed by atoms with Gasteiger partial charge in [0.05, 0.1) is 12.4 Å². The van der Waals surface area contributed by atoms with Crippen LogP contribution < -0.4 is 21.1 Å². The Morgan fingerprint density at radius 2 is 2.03 bits per heavy atom. The largest absolute Gasteiger partial charge is 0.325 e. The first-order chi connectivity index (χ1) is 16.8. The Bertz CT molecular complexity index is 1420. The lowest BCUT2D eigenvalue weighted by Gasteiger charge is -2.31. The summed E-state index contributed by atoms with van der Waals surface area (Å²) in [6.45, 7) is 0.692. The number of carbonyl (C=O) groups excluding carboxylic acids is 1. The van der Waals surface area contributed by atoms with Gasteiger partial charge in [-0.3, -0.25) is 15.1 Å². The van der Waals surface area contributed by atoms with Crippen molar-refractivity contribution in [3.05, 3.63) is 58.5 Å². The van der Waals surface area contributed by atoms with Crippen molar-refractivity contribution in [3.8, 4) is 5.00 Å². The van der Waals surface area contributed by atoms with Crippen LogP contribution in [0.4, 0.5) is 11.6 Å². The third-order valence-corrected chi connectivity index (χ3v) is 8.92. The smallest absolute Gasteiger partial charge is 0.249 e. The van der Waals surface area contributed by atoms with Gasteiger partial charge in [-0.05, 0) is 42.7 Å². The van der Waals surface area contributed by atoms with Crippen LogP contribution >= 0.6 is 23.1 Å². The zero-order valence-corrected chi connectivity index (χ0v) is 20.0. The van der Waals surface area contributed by atoms with E-state index in [9.17, 15) is 4.79 Å². The molecule has 0 radical (unpaired) electrons. The van der Waals surface area contributed by atoms with Crippen molar-refractivity contribution in [3.63, 3.8) is 0 Å². The van der Waals surface area contributed by atoms with E-state index in [-0.39, 0.29) is 17.8 Å². The van der Waals surface area contributed by atoms with Gasteiger partial charge in [-0.25, -0.2) is 9.99 Å². The van der Waals surface area contributed by atoms with Crippen LogP contribution in [-0.4, -0.2) is 33.1 Å². The van der Waals surface area contributed by atoms with Crippen LogP contribution in [0.25, 0.3) is 15.8 Å². The van der Waals surface area contributed by atoms with Gasteiger partial charge >= 0.3 is 0 Å².